The molecule has 0 radical (unpaired) electrons. The molecule has 1 heterocycles. The molecule has 0 amide bonds. The molecule has 0 N–H and O–H groups in total. The molecule has 1 aromatic rings. The number of rotatable bonds is 0. The number of aryl methyl sites for hydroxylation is 1. The van der Waals surface area contributed by atoms with Crippen LogP contribution in [0.5, 0.6) is 0 Å². The molecule has 0 aliphatic heterocycles. The van der Waals surface area contributed by atoms with Crippen LogP contribution in [0.2, 0.25) is 9.36 Å². The molecule has 44 valence electrons. The summed E-state index contributed by atoms with van der Waals surface area (Å²) < 4.78 is 4.47. The van der Waals surface area contributed by atoms with Crippen molar-refractivity contribution in [1.82, 2.24) is 4.37 Å². The fourth-order valence-electron chi connectivity index (χ4n) is 0.331. The van der Waals surface area contributed by atoms with Gasteiger partial charge in [0.15, 0.2) is 0 Å². The van der Waals surface area contributed by atoms with E-state index in [0.717, 1.165) is 5.69 Å². The van der Waals surface area contributed by atoms with Crippen LogP contribution >= 0.6 is 34.7 Å². The fourth-order valence-corrected chi connectivity index (χ4v) is 1.30. The Morgan fingerprint density at radius 3 is 2.25 bits per heavy atom. The number of nitrogens with zero attached hydrogens (tertiary/aromatic N) is 1. The molecule has 0 saturated heterocycles. The summed E-state index contributed by atoms with van der Waals surface area (Å²) in [6.45, 7) is 1.82. The molecule has 1 nitrogen and oxygen atoms in total. The number of halogens is 2. The first kappa shape index (κ1) is 6.33. The van der Waals surface area contributed by atoms with E-state index in [1.165, 1.54) is 11.5 Å². The number of hydrogen-bond donors (Lipinski definition) is 0. The van der Waals surface area contributed by atoms with Crippen molar-refractivity contribution < 1.29 is 0 Å². The van der Waals surface area contributed by atoms with Gasteiger partial charge in [-0.05, 0) is 18.5 Å². The quantitative estimate of drug-likeness (QED) is 0.580. The van der Waals surface area contributed by atoms with Crippen LogP contribution in [-0.2, 0) is 0 Å². The van der Waals surface area contributed by atoms with Crippen LogP contribution in [0, 0.1) is 6.92 Å². The Balaban J connectivity index is 3.19. The summed E-state index contributed by atoms with van der Waals surface area (Å²) >= 11 is 12.4. The van der Waals surface area contributed by atoms with E-state index in [1.54, 1.807) is 0 Å². The zero-order valence-corrected chi connectivity index (χ0v) is 6.44. The Morgan fingerprint density at radius 1 is 1.50 bits per heavy atom. The molecule has 8 heavy (non-hydrogen) atoms. The molecule has 1 aromatic heterocycles. The predicted molar refractivity (Wildman–Crippen MR) is 36.9 cm³/mol. The molecular weight excluding hydrogens is 165 g/mol. The van der Waals surface area contributed by atoms with Gasteiger partial charge in [-0.2, -0.15) is 4.37 Å². The van der Waals surface area contributed by atoms with E-state index in [2.05, 4.69) is 4.37 Å². The third-order valence-corrected chi connectivity index (χ3v) is 2.55. The Bertz CT molecular complexity index is 176. The van der Waals surface area contributed by atoms with Gasteiger partial charge in [-0.25, -0.2) is 0 Å². The Kier molecular flexibility index (Phi) is 1.75. The first-order valence-corrected chi connectivity index (χ1v) is 3.52. The average molecular weight is 168 g/mol. The third kappa shape index (κ3) is 0.966. The zero-order chi connectivity index (χ0) is 6.15. The van der Waals surface area contributed by atoms with Crippen molar-refractivity contribution in [2.45, 2.75) is 6.92 Å². The minimum Gasteiger partial charge on any atom is -0.195 e. The van der Waals surface area contributed by atoms with Crippen molar-refractivity contribution in [2.75, 3.05) is 0 Å². The molecule has 0 bridgehead atoms. The molecule has 0 fully saturated rings. The van der Waals surface area contributed by atoms with Crippen LogP contribution in [0.25, 0.3) is 0 Å². The van der Waals surface area contributed by atoms with E-state index in [1.807, 2.05) is 6.92 Å². The second-order valence-corrected chi connectivity index (χ2v) is 3.11. The molecule has 4 heteroatoms. The highest BCUT2D eigenvalue weighted by atomic mass is 35.5. The van der Waals surface area contributed by atoms with Gasteiger partial charge in [0.05, 0.1) is 10.7 Å². The molecule has 0 spiro atoms. The molecule has 1 rings (SSSR count). The molecule has 0 aliphatic rings. The highest BCUT2D eigenvalue weighted by Crippen LogP contribution is 2.28. The molecular formula is C4H3Cl2NS. The summed E-state index contributed by atoms with van der Waals surface area (Å²) in [5.74, 6) is 0. The Hall–Kier alpha value is 0.210. The summed E-state index contributed by atoms with van der Waals surface area (Å²) in [6, 6.07) is 0. The predicted octanol–water partition coefficient (Wildman–Crippen LogP) is 2.76. The second-order valence-electron chi connectivity index (χ2n) is 1.36. The van der Waals surface area contributed by atoms with Crippen molar-refractivity contribution in [1.29, 1.82) is 0 Å². The van der Waals surface area contributed by atoms with E-state index in [9.17, 15) is 0 Å². The standard InChI is InChI=1S/C4H3Cl2NS/c1-2-3(5)4(6)8-7-2/h1H3. The van der Waals surface area contributed by atoms with Gasteiger partial charge in [0.2, 0.25) is 0 Å². The molecule has 0 saturated carbocycles. The van der Waals surface area contributed by atoms with Crippen LogP contribution in [0.3, 0.4) is 0 Å². The van der Waals surface area contributed by atoms with E-state index < -0.39 is 0 Å². The summed E-state index contributed by atoms with van der Waals surface area (Å²) in [4.78, 5) is 0. The van der Waals surface area contributed by atoms with Crippen molar-refractivity contribution in [3.05, 3.63) is 15.1 Å². The van der Waals surface area contributed by atoms with Crippen LogP contribution in [0.4, 0.5) is 0 Å². The van der Waals surface area contributed by atoms with E-state index in [-0.39, 0.29) is 0 Å². The number of hydrogen-bond acceptors (Lipinski definition) is 2. The molecule has 0 aromatic carbocycles. The first-order chi connectivity index (χ1) is 3.72. The van der Waals surface area contributed by atoms with E-state index in [4.69, 9.17) is 23.2 Å². The van der Waals surface area contributed by atoms with Crippen molar-refractivity contribution >= 4 is 34.7 Å². The van der Waals surface area contributed by atoms with Crippen LogP contribution in [-0.4, -0.2) is 4.37 Å². The van der Waals surface area contributed by atoms with Crippen molar-refractivity contribution in [3.63, 3.8) is 0 Å². The third-order valence-electron chi connectivity index (χ3n) is 0.753. The summed E-state index contributed by atoms with van der Waals surface area (Å²) in [5.41, 5.74) is 0.807. The van der Waals surface area contributed by atoms with Gasteiger partial charge in [0.25, 0.3) is 0 Å². The van der Waals surface area contributed by atoms with Gasteiger partial charge >= 0.3 is 0 Å². The van der Waals surface area contributed by atoms with E-state index >= 15 is 0 Å². The zero-order valence-electron chi connectivity index (χ0n) is 4.11. The van der Waals surface area contributed by atoms with Crippen LogP contribution in [0.15, 0.2) is 0 Å². The van der Waals surface area contributed by atoms with Gasteiger partial charge in [0, 0.05) is 0 Å². The highest BCUT2D eigenvalue weighted by Gasteiger charge is 2.02. The van der Waals surface area contributed by atoms with Gasteiger partial charge in [-0.3, -0.25) is 0 Å². The lowest BCUT2D eigenvalue weighted by Crippen LogP contribution is -1.64. The van der Waals surface area contributed by atoms with E-state index in [0.29, 0.717) is 9.36 Å². The summed E-state index contributed by atoms with van der Waals surface area (Å²) in [6.07, 6.45) is 0. The fraction of sp³-hybridized carbons (Fsp3) is 0.250. The molecule has 0 aliphatic carbocycles. The normalized spacial score (nSPS) is 9.88. The first-order valence-electron chi connectivity index (χ1n) is 1.99. The minimum absolute atomic E-state index is 0.573. The average Bonchev–Trinajstić information content (AvgIpc) is 1.98. The van der Waals surface area contributed by atoms with Gasteiger partial charge < -0.3 is 0 Å². The topological polar surface area (TPSA) is 12.9 Å². The molecule has 0 unspecified atom stereocenters. The summed E-state index contributed by atoms with van der Waals surface area (Å²) in [7, 11) is 0. The van der Waals surface area contributed by atoms with Crippen molar-refractivity contribution in [2.24, 2.45) is 0 Å². The SMILES string of the molecule is Cc1nsc(Cl)c1Cl. The van der Waals surface area contributed by atoms with Crippen LogP contribution in [0.1, 0.15) is 5.69 Å². The smallest absolute Gasteiger partial charge is 0.132 e. The lowest BCUT2D eigenvalue weighted by atomic mass is 10.5. The minimum atomic E-state index is 0.573. The second kappa shape index (κ2) is 2.21. The lowest BCUT2D eigenvalue weighted by Gasteiger charge is -1.78. The Labute approximate surface area is 61.4 Å². The monoisotopic (exact) mass is 167 g/mol. The van der Waals surface area contributed by atoms with Crippen molar-refractivity contribution in [3.8, 4) is 0 Å². The van der Waals surface area contributed by atoms with Crippen LogP contribution < -0.4 is 0 Å². The molecule has 0 atom stereocenters. The summed E-state index contributed by atoms with van der Waals surface area (Å²) in [5, 5.41) is 0.580. The maximum absolute atomic E-state index is 5.61. The van der Waals surface area contributed by atoms with Gasteiger partial charge in [-0.1, -0.05) is 23.2 Å². The Morgan fingerprint density at radius 2 is 2.12 bits per heavy atom. The highest BCUT2D eigenvalue weighted by molar-refractivity contribution is 7.11. The largest absolute Gasteiger partial charge is 0.195 e. The maximum Gasteiger partial charge on any atom is 0.132 e. The van der Waals surface area contributed by atoms with Gasteiger partial charge in [0.1, 0.15) is 4.34 Å². The maximum atomic E-state index is 5.61. The van der Waals surface area contributed by atoms with Gasteiger partial charge in [-0.15, -0.1) is 0 Å². The number of aromatic nitrogens is 1. The lowest BCUT2D eigenvalue weighted by molar-refractivity contribution is 1.35.